The first-order valence-corrected chi connectivity index (χ1v) is 13.5. The topological polar surface area (TPSA) is 249 Å². The second kappa shape index (κ2) is 20.0. The number of carbonyl (C=O) groups is 3. The molecule has 0 aliphatic carbocycles. The van der Waals surface area contributed by atoms with Crippen molar-refractivity contribution in [3.8, 4) is 0 Å². The SMILES string of the molecule is CCCCCCNC(=O)C(CCCCNC(=O)[C@@H](O)C(O)C(C)C(O)O)NC(=O)[C@@H](O)C(O)C(C)C(O)CO. The Morgan fingerprint density at radius 1 is 0.667 bits per heavy atom. The summed E-state index contributed by atoms with van der Waals surface area (Å²) < 4.78 is 0. The summed E-state index contributed by atoms with van der Waals surface area (Å²) in [6, 6.07) is -1.07. The minimum absolute atomic E-state index is 0.0515. The maximum Gasteiger partial charge on any atom is 0.252 e. The van der Waals surface area contributed by atoms with Crippen LogP contribution >= 0.6 is 0 Å². The largest absolute Gasteiger partial charge is 0.394 e. The fourth-order valence-electron chi connectivity index (χ4n) is 3.66. The van der Waals surface area contributed by atoms with Gasteiger partial charge in [-0.3, -0.25) is 14.4 Å². The molecule has 6 unspecified atom stereocenters. The smallest absolute Gasteiger partial charge is 0.252 e. The summed E-state index contributed by atoms with van der Waals surface area (Å²) in [6.45, 7) is 4.41. The zero-order valence-electron chi connectivity index (χ0n) is 23.1. The first-order valence-electron chi connectivity index (χ1n) is 13.5. The van der Waals surface area contributed by atoms with Gasteiger partial charge in [-0.05, 0) is 25.7 Å². The van der Waals surface area contributed by atoms with Crippen LogP contribution in [0.15, 0.2) is 0 Å². The van der Waals surface area contributed by atoms with Gasteiger partial charge in [0.25, 0.3) is 11.8 Å². The summed E-state index contributed by atoms with van der Waals surface area (Å²) >= 11 is 0. The van der Waals surface area contributed by atoms with Crippen molar-refractivity contribution < 1.29 is 55.2 Å². The highest BCUT2D eigenvalue weighted by Crippen LogP contribution is 2.14. The van der Waals surface area contributed by atoms with Crippen molar-refractivity contribution in [3.05, 3.63) is 0 Å². The molecule has 230 valence electrons. The summed E-state index contributed by atoms with van der Waals surface area (Å²) in [5.41, 5.74) is 0. The Morgan fingerprint density at radius 2 is 1.18 bits per heavy atom. The number of aliphatic hydroxyl groups excluding tert-OH is 7. The zero-order chi connectivity index (χ0) is 30.1. The van der Waals surface area contributed by atoms with Gasteiger partial charge in [-0.2, -0.15) is 0 Å². The van der Waals surface area contributed by atoms with Crippen LogP contribution in [0.5, 0.6) is 0 Å². The molecule has 0 radical (unpaired) electrons. The molecule has 0 saturated heterocycles. The van der Waals surface area contributed by atoms with Gasteiger partial charge < -0.3 is 56.8 Å². The number of rotatable bonds is 21. The second-order valence-electron chi connectivity index (χ2n) is 9.95. The molecule has 0 spiro atoms. The average Bonchev–Trinajstić information content (AvgIpc) is 2.92. The van der Waals surface area contributed by atoms with E-state index in [1.807, 2.05) is 0 Å². The highest BCUT2D eigenvalue weighted by molar-refractivity contribution is 5.89. The summed E-state index contributed by atoms with van der Waals surface area (Å²) in [6.07, 6.45) is -6.11. The molecule has 0 aromatic rings. The van der Waals surface area contributed by atoms with Crippen LogP contribution in [0.3, 0.4) is 0 Å². The predicted molar refractivity (Wildman–Crippen MR) is 140 cm³/mol. The quantitative estimate of drug-likeness (QED) is 0.0487. The van der Waals surface area contributed by atoms with Gasteiger partial charge >= 0.3 is 0 Å². The molecular formula is C25H49N3O11. The van der Waals surface area contributed by atoms with Crippen LogP contribution in [-0.4, -0.2) is 121 Å². The molecule has 0 bridgehead atoms. The molecule has 8 atom stereocenters. The number of hydrogen-bond acceptors (Lipinski definition) is 11. The summed E-state index contributed by atoms with van der Waals surface area (Å²) in [5, 5.41) is 84.6. The van der Waals surface area contributed by atoms with E-state index in [4.69, 9.17) is 15.3 Å². The maximum absolute atomic E-state index is 12.7. The van der Waals surface area contributed by atoms with E-state index >= 15 is 0 Å². The van der Waals surface area contributed by atoms with Gasteiger partial charge in [0.15, 0.2) is 18.5 Å². The normalized spacial score (nSPS) is 17.8. The Labute approximate surface area is 229 Å². The molecule has 0 rings (SSSR count). The van der Waals surface area contributed by atoms with Crippen molar-refractivity contribution in [2.24, 2.45) is 11.8 Å². The molecule has 14 heteroatoms. The molecule has 0 aromatic carbocycles. The van der Waals surface area contributed by atoms with Gasteiger partial charge in [-0.25, -0.2) is 0 Å². The van der Waals surface area contributed by atoms with Gasteiger partial charge in [0.05, 0.1) is 24.9 Å². The lowest BCUT2D eigenvalue weighted by Gasteiger charge is -2.27. The number of nitrogens with one attached hydrogen (secondary N) is 3. The third kappa shape index (κ3) is 13.8. The molecule has 11 N–H and O–H groups in total. The molecule has 0 saturated carbocycles. The fourth-order valence-corrected chi connectivity index (χ4v) is 3.66. The molecule has 39 heavy (non-hydrogen) atoms. The predicted octanol–water partition coefficient (Wildman–Crippen LogP) is -3.17. The standard InChI is InChI=1S/C25H49N3O11/c1-4-5-6-8-11-26-22(35)16(28-24(37)21(34)18(31)14(2)17(30)13-29)10-7-9-12-27-23(36)20(33)19(32)15(3)25(38)39/h14-21,25,29-34,38-39H,4-13H2,1-3H3,(H,26,35)(H,27,36)(H,28,37)/t14?,15?,16?,17?,18?,19?,20-,21-/m0/s1. The number of carbonyl (C=O) groups excluding carboxylic acids is 3. The van der Waals surface area contributed by atoms with Gasteiger partial charge in [0.1, 0.15) is 6.04 Å². The average molecular weight is 568 g/mol. The molecule has 14 nitrogen and oxygen atoms in total. The van der Waals surface area contributed by atoms with E-state index < -0.39 is 79.0 Å². The molecule has 0 aromatic heterocycles. The van der Waals surface area contributed by atoms with E-state index in [9.17, 15) is 39.9 Å². The van der Waals surface area contributed by atoms with Crippen LogP contribution in [0.4, 0.5) is 0 Å². The highest BCUT2D eigenvalue weighted by atomic mass is 16.5. The minimum atomic E-state index is -1.96. The third-order valence-electron chi connectivity index (χ3n) is 6.71. The summed E-state index contributed by atoms with van der Waals surface area (Å²) in [7, 11) is 0. The lowest BCUT2D eigenvalue weighted by Crippen LogP contribution is -2.54. The Balaban J connectivity index is 4.99. The minimum Gasteiger partial charge on any atom is -0.394 e. The van der Waals surface area contributed by atoms with Crippen molar-refractivity contribution in [1.82, 2.24) is 16.0 Å². The lowest BCUT2D eigenvalue weighted by molar-refractivity contribution is -0.152. The van der Waals surface area contributed by atoms with E-state index in [2.05, 4.69) is 22.9 Å². The number of aliphatic hydroxyl groups is 8. The first-order chi connectivity index (χ1) is 18.3. The van der Waals surface area contributed by atoms with Crippen molar-refractivity contribution >= 4 is 17.7 Å². The van der Waals surface area contributed by atoms with Crippen molar-refractivity contribution in [2.75, 3.05) is 19.7 Å². The van der Waals surface area contributed by atoms with Crippen molar-refractivity contribution in [3.63, 3.8) is 0 Å². The van der Waals surface area contributed by atoms with E-state index in [0.717, 1.165) is 25.7 Å². The molecular weight excluding hydrogens is 518 g/mol. The zero-order valence-corrected chi connectivity index (χ0v) is 23.1. The van der Waals surface area contributed by atoms with Crippen LogP contribution in [0.25, 0.3) is 0 Å². The number of unbranched alkanes of at least 4 members (excludes halogenated alkanes) is 4. The summed E-state index contributed by atoms with van der Waals surface area (Å²) in [4.78, 5) is 37.3. The van der Waals surface area contributed by atoms with Crippen LogP contribution in [0.1, 0.15) is 65.7 Å². The Hall–Kier alpha value is -1.91. The monoisotopic (exact) mass is 567 g/mol. The number of amides is 3. The molecule has 3 amide bonds. The summed E-state index contributed by atoms with van der Waals surface area (Å²) in [5.74, 6) is -4.64. The van der Waals surface area contributed by atoms with Gasteiger partial charge in [0.2, 0.25) is 5.91 Å². The molecule has 0 fully saturated rings. The van der Waals surface area contributed by atoms with E-state index in [1.54, 1.807) is 0 Å². The van der Waals surface area contributed by atoms with E-state index in [-0.39, 0.29) is 13.0 Å². The highest BCUT2D eigenvalue weighted by Gasteiger charge is 2.34. The second-order valence-corrected chi connectivity index (χ2v) is 9.95. The molecule has 0 heterocycles. The van der Waals surface area contributed by atoms with Crippen molar-refractivity contribution in [1.29, 1.82) is 0 Å². The molecule has 0 aliphatic rings. The lowest BCUT2D eigenvalue weighted by atomic mass is 9.94. The van der Waals surface area contributed by atoms with Crippen LogP contribution in [0.2, 0.25) is 0 Å². The molecule has 0 aliphatic heterocycles. The Kier molecular flexibility index (Phi) is 19.1. The Morgan fingerprint density at radius 3 is 1.72 bits per heavy atom. The number of hydrogen-bond donors (Lipinski definition) is 11. The van der Waals surface area contributed by atoms with Crippen LogP contribution in [0, 0.1) is 11.8 Å². The Bertz CT molecular complexity index is 713. The first kappa shape index (κ1) is 37.1. The van der Waals surface area contributed by atoms with Gasteiger partial charge in [-0.15, -0.1) is 0 Å². The van der Waals surface area contributed by atoms with E-state index in [1.165, 1.54) is 13.8 Å². The van der Waals surface area contributed by atoms with Gasteiger partial charge in [-0.1, -0.05) is 40.0 Å². The van der Waals surface area contributed by atoms with Crippen LogP contribution in [-0.2, 0) is 14.4 Å². The fraction of sp³-hybridized carbons (Fsp3) is 0.880. The van der Waals surface area contributed by atoms with Gasteiger partial charge in [0, 0.05) is 24.9 Å². The van der Waals surface area contributed by atoms with E-state index in [0.29, 0.717) is 19.4 Å². The van der Waals surface area contributed by atoms with Crippen LogP contribution < -0.4 is 16.0 Å². The van der Waals surface area contributed by atoms with Crippen molar-refractivity contribution in [2.45, 2.75) is 109 Å². The maximum atomic E-state index is 12.7. The third-order valence-corrected chi connectivity index (χ3v) is 6.71.